The van der Waals surface area contributed by atoms with Crippen molar-refractivity contribution in [2.24, 2.45) is 0 Å². The molecule has 0 saturated carbocycles. The molecule has 0 atom stereocenters. The van der Waals surface area contributed by atoms with Gasteiger partial charge in [-0.05, 0) is 70.0 Å². The molecule has 0 bridgehead atoms. The van der Waals surface area contributed by atoms with Crippen LogP contribution in [-0.4, -0.2) is 72.2 Å². The van der Waals surface area contributed by atoms with Gasteiger partial charge in [0.05, 0.1) is 31.1 Å². The third kappa shape index (κ3) is 9.42. The number of unbranched alkanes of at least 4 members (excludes halogenated alkanes) is 1. The van der Waals surface area contributed by atoms with E-state index in [0.717, 1.165) is 48.4 Å². The predicted molar refractivity (Wildman–Crippen MR) is 160 cm³/mol. The van der Waals surface area contributed by atoms with Crippen LogP contribution in [-0.2, 0) is 20.8 Å². The Morgan fingerprint density at radius 3 is 2.52 bits per heavy atom. The normalized spacial score (nSPS) is 13.5. The van der Waals surface area contributed by atoms with Gasteiger partial charge in [0.2, 0.25) is 5.95 Å². The molecule has 1 saturated heterocycles. The summed E-state index contributed by atoms with van der Waals surface area (Å²) in [5.41, 5.74) is 4.14. The van der Waals surface area contributed by atoms with E-state index in [-0.39, 0.29) is 5.56 Å². The van der Waals surface area contributed by atoms with Crippen molar-refractivity contribution in [2.75, 3.05) is 49.7 Å². The second kappa shape index (κ2) is 14.6. The lowest BCUT2D eigenvalue weighted by atomic mass is 10.1. The maximum Gasteiger partial charge on any atom is 0.407 e. The molecular weight excluding hydrogens is 538 g/mol. The number of ether oxygens (including phenoxy) is 3. The molecule has 1 aromatic heterocycles. The zero-order valence-corrected chi connectivity index (χ0v) is 24.4. The highest BCUT2D eigenvalue weighted by Crippen LogP contribution is 2.28. The maximum atomic E-state index is 11.8. The summed E-state index contributed by atoms with van der Waals surface area (Å²) in [6.45, 7) is 10.0. The highest BCUT2D eigenvalue weighted by molar-refractivity contribution is 5.88. The minimum absolute atomic E-state index is 0.221. The molecular formula is C31H39N5O6. The molecule has 0 radical (unpaired) electrons. The maximum absolute atomic E-state index is 11.8. The second-order valence-electron chi connectivity index (χ2n) is 10.9. The fourth-order valence-electron chi connectivity index (χ4n) is 4.40. The summed E-state index contributed by atoms with van der Waals surface area (Å²) in [5.74, 6) is -0.541. The van der Waals surface area contributed by atoms with Gasteiger partial charge in [-0.2, -0.15) is 0 Å². The number of rotatable bonds is 12. The van der Waals surface area contributed by atoms with Crippen LogP contribution in [0.15, 0.2) is 54.7 Å². The van der Waals surface area contributed by atoms with Crippen LogP contribution in [0.5, 0.6) is 0 Å². The lowest BCUT2D eigenvalue weighted by Crippen LogP contribution is -2.36. The summed E-state index contributed by atoms with van der Waals surface area (Å²) < 4.78 is 16.8. The average Bonchev–Trinajstić information content (AvgIpc) is 2.96. The van der Waals surface area contributed by atoms with Crippen molar-refractivity contribution in [2.45, 2.75) is 45.8 Å². The van der Waals surface area contributed by atoms with Crippen LogP contribution in [0.1, 0.15) is 49.5 Å². The summed E-state index contributed by atoms with van der Waals surface area (Å²) in [6, 6.07) is 14.5. The number of aromatic nitrogens is 2. The first kappa shape index (κ1) is 30.7. The van der Waals surface area contributed by atoms with Crippen molar-refractivity contribution in [1.82, 2.24) is 15.3 Å². The SMILES string of the molecule is CC(C)(C)OC(=O)NCCCCOCc1cc(Nc2nccc(-c3ccc(C(=O)O)cc3)n2)ccc1N1CCOCC1. The average molecular weight is 578 g/mol. The van der Waals surface area contributed by atoms with Gasteiger partial charge < -0.3 is 34.9 Å². The number of carboxylic acids is 1. The Kier molecular flexibility index (Phi) is 10.7. The van der Waals surface area contributed by atoms with E-state index in [0.29, 0.717) is 44.6 Å². The number of carboxylic acid groups (broad SMARTS) is 1. The number of anilines is 3. The third-order valence-electron chi connectivity index (χ3n) is 6.41. The number of hydrogen-bond donors (Lipinski definition) is 3. The van der Waals surface area contributed by atoms with Crippen molar-refractivity contribution in [3.63, 3.8) is 0 Å². The van der Waals surface area contributed by atoms with E-state index in [1.165, 1.54) is 0 Å². The summed E-state index contributed by atoms with van der Waals surface area (Å²) >= 11 is 0. The van der Waals surface area contributed by atoms with Crippen LogP contribution in [0.2, 0.25) is 0 Å². The van der Waals surface area contributed by atoms with Gasteiger partial charge in [-0.3, -0.25) is 0 Å². The zero-order valence-electron chi connectivity index (χ0n) is 24.4. The van der Waals surface area contributed by atoms with Crippen molar-refractivity contribution in [1.29, 1.82) is 0 Å². The van der Waals surface area contributed by atoms with Gasteiger partial charge in [0.25, 0.3) is 0 Å². The van der Waals surface area contributed by atoms with E-state index in [9.17, 15) is 9.59 Å². The van der Waals surface area contributed by atoms with E-state index in [2.05, 4.69) is 31.6 Å². The largest absolute Gasteiger partial charge is 0.478 e. The highest BCUT2D eigenvalue weighted by Gasteiger charge is 2.17. The number of morpholine rings is 1. The van der Waals surface area contributed by atoms with Crippen LogP contribution < -0.4 is 15.5 Å². The molecule has 0 aliphatic carbocycles. The van der Waals surface area contributed by atoms with E-state index >= 15 is 0 Å². The lowest BCUT2D eigenvalue weighted by Gasteiger charge is -2.31. The Labute approximate surface area is 246 Å². The van der Waals surface area contributed by atoms with Gasteiger partial charge in [0.15, 0.2) is 0 Å². The first-order valence-electron chi connectivity index (χ1n) is 14.1. The number of alkyl carbamates (subject to hydrolysis) is 1. The van der Waals surface area contributed by atoms with E-state index in [4.69, 9.17) is 19.3 Å². The standard InChI is InChI=1S/C31H39N5O6/c1-31(2,3)42-30(39)33-13-4-5-17-41-21-24-20-25(10-11-27(24)36-15-18-40-19-16-36)34-29-32-14-12-26(35-29)22-6-8-23(9-7-22)28(37)38/h6-12,14,20H,4-5,13,15-19,21H2,1-3H3,(H,33,39)(H,37,38)(H,32,34,35). The molecule has 42 heavy (non-hydrogen) atoms. The highest BCUT2D eigenvalue weighted by atomic mass is 16.6. The van der Waals surface area contributed by atoms with Crippen LogP contribution in [0.4, 0.5) is 22.1 Å². The fourth-order valence-corrected chi connectivity index (χ4v) is 4.40. The Bertz CT molecular complexity index is 1340. The molecule has 11 nitrogen and oxygen atoms in total. The molecule has 11 heteroatoms. The first-order valence-corrected chi connectivity index (χ1v) is 14.1. The molecule has 1 amide bonds. The molecule has 0 unspecified atom stereocenters. The number of aromatic carboxylic acids is 1. The van der Waals surface area contributed by atoms with Gasteiger partial charge in [-0.25, -0.2) is 19.6 Å². The second-order valence-corrected chi connectivity index (χ2v) is 10.9. The van der Waals surface area contributed by atoms with Crippen LogP contribution in [0, 0.1) is 0 Å². The molecule has 224 valence electrons. The minimum atomic E-state index is -0.970. The van der Waals surface area contributed by atoms with Crippen molar-refractivity contribution in [3.8, 4) is 11.3 Å². The van der Waals surface area contributed by atoms with Gasteiger partial charge in [-0.15, -0.1) is 0 Å². The number of hydrogen-bond acceptors (Lipinski definition) is 9. The minimum Gasteiger partial charge on any atom is -0.478 e. The number of nitrogens with one attached hydrogen (secondary N) is 2. The fraction of sp³-hybridized carbons (Fsp3) is 0.419. The van der Waals surface area contributed by atoms with E-state index in [1.54, 1.807) is 36.5 Å². The van der Waals surface area contributed by atoms with Crippen LogP contribution in [0.25, 0.3) is 11.3 Å². The van der Waals surface area contributed by atoms with Gasteiger partial charge in [0, 0.05) is 54.9 Å². The number of nitrogens with zero attached hydrogens (tertiary/aromatic N) is 3. The van der Waals surface area contributed by atoms with E-state index in [1.807, 2.05) is 32.9 Å². The van der Waals surface area contributed by atoms with Crippen molar-refractivity contribution >= 4 is 29.4 Å². The first-order chi connectivity index (χ1) is 20.2. The quantitative estimate of drug-likeness (QED) is 0.245. The smallest absolute Gasteiger partial charge is 0.407 e. The summed E-state index contributed by atoms with van der Waals surface area (Å²) in [7, 11) is 0. The third-order valence-corrected chi connectivity index (χ3v) is 6.41. The number of benzene rings is 2. The molecule has 2 heterocycles. The Balaban J connectivity index is 1.37. The summed E-state index contributed by atoms with van der Waals surface area (Å²) in [5, 5.41) is 15.2. The number of carbonyl (C=O) groups is 2. The predicted octanol–water partition coefficient (Wildman–Crippen LogP) is 5.24. The monoisotopic (exact) mass is 577 g/mol. The van der Waals surface area contributed by atoms with Gasteiger partial charge in [0.1, 0.15) is 5.60 Å². The Hall–Kier alpha value is -4.22. The van der Waals surface area contributed by atoms with Crippen molar-refractivity contribution in [3.05, 3.63) is 65.9 Å². The molecule has 1 aliphatic rings. The Morgan fingerprint density at radius 2 is 1.81 bits per heavy atom. The van der Waals surface area contributed by atoms with Crippen LogP contribution >= 0.6 is 0 Å². The molecule has 3 aromatic rings. The lowest BCUT2D eigenvalue weighted by molar-refractivity contribution is 0.0523. The molecule has 2 aromatic carbocycles. The topological polar surface area (TPSA) is 135 Å². The number of carbonyl (C=O) groups excluding carboxylic acids is 1. The molecule has 0 spiro atoms. The summed E-state index contributed by atoms with van der Waals surface area (Å²) in [6.07, 6.45) is 2.84. The van der Waals surface area contributed by atoms with Gasteiger partial charge in [-0.1, -0.05) is 12.1 Å². The van der Waals surface area contributed by atoms with Crippen LogP contribution in [0.3, 0.4) is 0 Å². The zero-order chi connectivity index (χ0) is 30.0. The Morgan fingerprint density at radius 1 is 1.05 bits per heavy atom. The number of amides is 1. The van der Waals surface area contributed by atoms with Crippen molar-refractivity contribution < 1.29 is 28.9 Å². The molecule has 1 aliphatic heterocycles. The summed E-state index contributed by atoms with van der Waals surface area (Å²) in [4.78, 5) is 34.3. The molecule has 4 rings (SSSR count). The van der Waals surface area contributed by atoms with E-state index < -0.39 is 17.7 Å². The molecule has 1 fully saturated rings. The van der Waals surface area contributed by atoms with Gasteiger partial charge >= 0.3 is 12.1 Å². The molecule has 3 N–H and O–H groups in total.